The van der Waals surface area contributed by atoms with Gasteiger partial charge in [-0.25, -0.2) is 0 Å². The first-order valence-corrected chi connectivity index (χ1v) is 7.67. The van der Waals surface area contributed by atoms with Gasteiger partial charge in [-0.3, -0.25) is 4.79 Å². The fourth-order valence-corrected chi connectivity index (χ4v) is 1.95. The summed E-state index contributed by atoms with van der Waals surface area (Å²) in [5, 5.41) is 6.42. The van der Waals surface area contributed by atoms with E-state index in [0.717, 1.165) is 5.69 Å². The van der Waals surface area contributed by atoms with Crippen LogP contribution in [0.4, 0.5) is 5.69 Å². The number of nitrogens with one attached hydrogen (secondary N) is 2. The minimum Gasteiger partial charge on any atom is -0.380 e. The maximum absolute atomic E-state index is 11.9. The van der Waals surface area contributed by atoms with E-state index >= 15 is 0 Å². The van der Waals surface area contributed by atoms with Crippen LogP contribution in [0.1, 0.15) is 33.3 Å². The van der Waals surface area contributed by atoms with E-state index in [1.165, 1.54) is 5.56 Å². The number of hydrogen-bond acceptors (Lipinski definition) is 3. The van der Waals surface area contributed by atoms with Crippen LogP contribution in [0.3, 0.4) is 0 Å². The smallest absolute Gasteiger partial charge is 0.237 e. The molecule has 0 heterocycles. The standard InChI is InChI=1S/C17H29N3O/c1-11(2)15(10-19-17(21)16(18)12(3)4)20-14-8-6-13(5)7-9-14/h6-9,11-12,15-16,20H,10,18H2,1-5H3,(H,19,21)/t15-,16-/m0/s1. The van der Waals surface area contributed by atoms with E-state index in [9.17, 15) is 4.79 Å². The molecule has 1 aromatic rings. The Balaban J connectivity index is 2.58. The van der Waals surface area contributed by atoms with E-state index in [1.807, 2.05) is 13.8 Å². The Morgan fingerprint density at radius 3 is 2.14 bits per heavy atom. The van der Waals surface area contributed by atoms with Crippen LogP contribution in [0.5, 0.6) is 0 Å². The van der Waals surface area contributed by atoms with Gasteiger partial charge in [-0.2, -0.15) is 0 Å². The van der Waals surface area contributed by atoms with Crippen LogP contribution in [-0.4, -0.2) is 24.5 Å². The van der Waals surface area contributed by atoms with Crippen molar-refractivity contribution in [2.75, 3.05) is 11.9 Å². The van der Waals surface area contributed by atoms with Crippen LogP contribution in [0.15, 0.2) is 24.3 Å². The molecule has 0 aliphatic heterocycles. The zero-order valence-corrected chi connectivity index (χ0v) is 13.8. The van der Waals surface area contributed by atoms with Crippen molar-refractivity contribution < 1.29 is 4.79 Å². The molecular weight excluding hydrogens is 262 g/mol. The van der Waals surface area contributed by atoms with Crippen molar-refractivity contribution in [1.29, 1.82) is 0 Å². The lowest BCUT2D eigenvalue weighted by Gasteiger charge is -2.25. The van der Waals surface area contributed by atoms with E-state index in [1.54, 1.807) is 0 Å². The van der Waals surface area contributed by atoms with Gasteiger partial charge >= 0.3 is 0 Å². The molecule has 1 amide bonds. The number of carbonyl (C=O) groups is 1. The summed E-state index contributed by atoms with van der Waals surface area (Å²) in [7, 11) is 0. The van der Waals surface area contributed by atoms with Gasteiger partial charge < -0.3 is 16.4 Å². The minimum atomic E-state index is -0.447. The fraction of sp³-hybridized carbons (Fsp3) is 0.588. The summed E-state index contributed by atoms with van der Waals surface area (Å²) < 4.78 is 0. The second-order valence-electron chi connectivity index (χ2n) is 6.38. The zero-order valence-electron chi connectivity index (χ0n) is 13.8. The van der Waals surface area contributed by atoms with E-state index in [-0.39, 0.29) is 17.9 Å². The normalized spacial score (nSPS) is 14.1. The average molecular weight is 291 g/mol. The molecule has 0 saturated carbocycles. The maximum atomic E-state index is 11.9. The van der Waals surface area contributed by atoms with Crippen LogP contribution < -0.4 is 16.4 Å². The molecule has 4 N–H and O–H groups in total. The predicted octanol–water partition coefficient (Wildman–Crippen LogP) is 2.53. The summed E-state index contributed by atoms with van der Waals surface area (Å²) in [5.74, 6) is 0.468. The SMILES string of the molecule is Cc1ccc(N[C@@H](CNC(=O)[C@@H](N)C(C)C)C(C)C)cc1. The van der Waals surface area contributed by atoms with E-state index in [2.05, 4.69) is 55.7 Å². The van der Waals surface area contributed by atoms with E-state index in [0.29, 0.717) is 12.5 Å². The third kappa shape index (κ3) is 5.76. The van der Waals surface area contributed by atoms with Gasteiger partial charge in [0.05, 0.1) is 6.04 Å². The van der Waals surface area contributed by atoms with Gasteiger partial charge in [0.15, 0.2) is 0 Å². The number of hydrogen-bond donors (Lipinski definition) is 3. The summed E-state index contributed by atoms with van der Waals surface area (Å²) >= 11 is 0. The van der Waals surface area contributed by atoms with Crippen molar-refractivity contribution >= 4 is 11.6 Å². The molecule has 118 valence electrons. The van der Waals surface area contributed by atoms with Crippen LogP contribution in [0, 0.1) is 18.8 Å². The minimum absolute atomic E-state index is 0.0821. The monoisotopic (exact) mass is 291 g/mol. The molecule has 1 rings (SSSR count). The predicted molar refractivity (Wildman–Crippen MR) is 89.3 cm³/mol. The number of benzene rings is 1. The first-order valence-electron chi connectivity index (χ1n) is 7.67. The van der Waals surface area contributed by atoms with Gasteiger partial charge in [0.25, 0.3) is 0 Å². The molecule has 0 unspecified atom stereocenters. The van der Waals surface area contributed by atoms with Gasteiger partial charge in [0, 0.05) is 18.3 Å². The second-order valence-corrected chi connectivity index (χ2v) is 6.38. The van der Waals surface area contributed by atoms with Crippen molar-refractivity contribution in [3.8, 4) is 0 Å². The maximum Gasteiger partial charge on any atom is 0.237 e. The number of aryl methyl sites for hydroxylation is 1. The molecule has 0 radical (unpaired) electrons. The topological polar surface area (TPSA) is 67.1 Å². The Bertz CT molecular complexity index is 440. The molecule has 0 aliphatic carbocycles. The molecule has 1 aromatic carbocycles. The van der Waals surface area contributed by atoms with Crippen molar-refractivity contribution in [1.82, 2.24) is 5.32 Å². The molecule has 0 aromatic heterocycles. The second kappa shape index (κ2) is 8.03. The van der Waals surface area contributed by atoms with Gasteiger partial charge in [0.2, 0.25) is 5.91 Å². The van der Waals surface area contributed by atoms with Gasteiger partial charge in [-0.15, -0.1) is 0 Å². The third-order valence-corrected chi connectivity index (χ3v) is 3.73. The van der Waals surface area contributed by atoms with Crippen molar-refractivity contribution in [3.05, 3.63) is 29.8 Å². The van der Waals surface area contributed by atoms with Gasteiger partial charge in [-0.05, 0) is 30.9 Å². The number of nitrogens with two attached hydrogens (primary N) is 1. The molecule has 21 heavy (non-hydrogen) atoms. The van der Waals surface area contributed by atoms with Gasteiger partial charge in [0.1, 0.15) is 0 Å². The Morgan fingerprint density at radius 1 is 1.10 bits per heavy atom. The Labute approximate surface area is 128 Å². The van der Waals surface area contributed by atoms with Crippen molar-refractivity contribution in [2.45, 2.75) is 46.7 Å². The molecule has 0 fully saturated rings. The number of anilines is 1. The highest BCUT2D eigenvalue weighted by Gasteiger charge is 2.19. The third-order valence-electron chi connectivity index (χ3n) is 3.73. The molecule has 0 bridgehead atoms. The summed E-state index contributed by atoms with van der Waals surface area (Å²) in [4.78, 5) is 11.9. The largest absolute Gasteiger partial charge is 0.380 e. The zero-order chi connectivity index (χ0) is 16.0. The van der Waals surface area contributed by atoms with Gasteiger partial charge in [-0.1, -0.05) is 45.4 Å². The van der Waals surface area contributed by atoms with Crippen LogP contribution in [0.2, 0.25) is 0 Å². The molecule has 4 heteroatoms. The van der Waals surface area contributed by atoms with Crippen LogP contribution in [0.25, 0.3) is 0 Å². The highest BCUT2D eigenvalue weighted by Crippen LogP contribution is 2.13. The number of amides is 1. The molecule has 4 nitrogen and oxygen atoms in total. The Kier molecular flexibility index (Phi) is 6.69. The summed E-state index contributed by atoms with van der Waals surface area (Å²) in [5.41, 5.74) is 8.16. The Morgan fingerprint density at radius 2 is 1.67 bits per heavy atom. The number of rotatable bonds is 7. The highest BCUT2D eigenvalue weighted by atomic mass is 16.2. The molecule has 0 saturated heterocycles. The summed E-state index contributed by atoms with van der Waals surface area (Å²) in [6.07, 6.45) is 0. The lowest BCUT2D eigenvalue weighted by atomic mass is 10.0. The van der Waals surface area contributed by atoms with E-state index in [4.69, 9.17) is 5.73 Å². The Hall–Kier alpha value is -1.55. The average Bonchev–Trinajstić information content (AvgIpc) is 2.43. The molecule has 0 spiro atoms. The molecule has 0 aliphatic rings. The molecule has 2 atom stereocenters. The van der Waals surface area contributed by atoms with Crippen molar-refractivity contribution in [2.24, 2.45) is 17.6 Å². The number of carbonyl (C=O) groups excluding carboxylic acids is 1. The summed E-state index contributed by atoms with van der Waals surface area (Å²) in [6.45, 7) is 10.8. The first-order chi connectivity index (χ1) is 9.81. The van der Waals surface area contributed by atoms with Crippen LogP contribution >= 0.6 is 0 Å². The quantitative estimate of drug-likeness (QED) is 0.723. The molecular formula is C17H29N3O. The lowest BCUT2D eigenvalue weighted by molar-refractivity contribution is -0.123. The van der Waals surface area contributed by atoms with E-state index < -0.39 is 6.04 Å². The summed E-state index contributed by atoms with van der Waals surface area (Å²) in [6, 6.07) is 8.01. The lowest BCUT2D eigenvalue weighted by Crippen LogP contribution is -2.48. The first kappa shape index (κ1) is 17.5. The fourth-order valence-electron chi connectivity index (χ4n) is 1.95. The van der Waals surface area contributed by atoms with Crippen LogP contribution in [-0.2, 0) is 4.79 Å². The van der Waals surface area contributed by atoms with Crippen molar-refractivity contribution in [3.63, 3.8) is 0 Å². The highest BCUT2D eigenvalue weighted by molar-refractivity contribution is 5.81.